The number of hydrogen-bond acceptors (Lipinski definition) is 3. The fourth-order valence-electron chi connectivity index (χ4n) is 1.42. The van der Waals surface area contributed by atoms with Gasteiger partial charge in [-0.25, -0.2) is 0 Å². The van der Waals surface area contributed by atoms with E-state index < -0.39 is 0 Å². The number of nitrogens with two attached hydrogens (primary N) is 1. The lowest BCUT2D eigenvalue weighted by Crippen LogP contribution is -2.19. The second-order valence-corrected chi connectivity index (χ2v) is 3.74. The van der Waals surface area contributed by atoms with Gasteiger partial charge < -0.3 is 16.0 Å². The van der Waals surface area contributed by atoms with E-state index in [4.69, 9.17) is 5.73 Å². The second-order valence-electron chi connectivity index (χ2n) is 3.74. The molecule has 0 aliphatic rings. The highest BCUT2D eigenvalue weighted by Crippen LogP contribution is 2.15. The number of nitrogen functional groups attached to an aromatic ring is 1. The van der Waals surface area contributed by atoms with Gasteiger partial charge in [0.1, 0.15) is 0 Å². The number of rotatable bonds is 3. The molecule has 0 fully saturated rings. The molecular formula is C11H17N3O. The van der Waals surface area contributed by atoms with Gasteiger partial charge in [-0.05, 0) is 31.8 Å². The first-order valence-electron chi connectivity index (χ1n) is 4.80. The third-order valence-electron chi connectivity index (χ3n) is 2.09. The van der Waals surface area contributed by atoms with E-state index in [2.05, 4.69) is 5.32 Å². The molecule has 0 spiro atoms. The van der Waals surface area contributed by atoms with E-state index in [-0.39, 0.29) is 5.91 Å². The SMILES string of the molecule is CNC(=O)c1ccc(CN(C)C)cc1N. The lowest BCUT2D eigenvalue weighted by molar-refractivity contribution is 0.0964. The summed E-state index contributed by atoms with van der Waals surface area (Å²) in [5.41, 5.74) is 7.95. The van der Waals surface area contributed by atoms with Crippen LogP contribution < -0.4 is 11.1 Å². The van der Waals surface area contributed by atoms with E-state index in [9.17, 15) is 4.79 Å². The number of amides is 1. The van der Waals surface area contributed by atoms with Gasteiger partial charge in [0.05, 0.1) is 5.56 Å². The summed E-state index contributed by atoms with van der Waals surface area (Å²) in [4.78, 5) is 13.4. The van der Waals surface area contributed by atoms with Gasteiger partial charge in [0.25, 0.3) is 5.91 Å². The topological polar surface area (TPSA) is 58.4 Å². The van der Waals surface area contributed by atoms with Crippen LogP contribution in [0.1, 0.15) is 15.9 Å². The number of anilines is 1. The molecule has 4 heteroatoms. The van der Waals surface area contributed by atoms with Crippen LogP contribution in [0.3, 0.4) is 0 Å². The fraction of sp³-hybridized carbons (Fsp3) is 0.364. The van der Waals surface area contributed by atoms with Crippen molar-refractivity contribution < 1.29 is 4.79 Å². The number of nitrogens with one attached hydrogen (secondary N) is 1. The lowest BCUT2D eigenvalue weighted by Gasteiger charge is -2.11. The van der Waals surface area contributed by atoms with Crippen LogP contribution in [0.15, 0.2) is 18.2 Å². The molecule has 0 aliphatic carbocycles. The normalized spacial score (nSPS) is 10.4. The summed E-state index contributed by atoms with van der Waals surface area (Å²) < 4.78 is 0. The molecule has 0 unspecified atom stereocenters. The molecule has 0 atom stereocenters. The van der Waals surface area contributed by atoms with Crippen molar-refractivity contribution in [2.24, 2.45) is 0 Å². The van der Waals surface area contributed by atoms with Crippen molar-refractivity contribution in [3.63, 3.8) is 0 Å². The Kier molecular flexibility index (Phi) is 3.68. The Morgan fingerprint density at radius 1 is 1.47 bits per heavy atom. The average Bonchev–Trinajstić information content (AvgIpc) is 2.16. The van der Waals surface area contributed by atoms with Crippen molar-refractivity contribution >= 4 is 11.6 Å². The van der Waals surface area contributed by atoms with E-state index in [1.54, 1.807) is 13.1 Å². The molecule has 15 heavy (non-hydrogen) atoms. The van der Waals surface area contributed by atoms with E-state index in [1.165, 1.54) is 0 Å². The van der Waals surface area contributed by atoms with Gasteiger partial charge in [-0.3, -0.25) is 4.79 Å². The number of benzene rings is 1. The third-order valence-corrected chi connectivity index (χ3v) is 2.09. The van der Waals surface area contributed by atoms with E-state index in [1.807, 2.05) is 31.1 Å². The highest BCUT2D eigenvalue weighted by atomic mass is 16.1. The van der Waals surface area contributed by atoms with Crippen molar-refractivity contribution in [2.45, 2.75) is 6.54 Å². The Hall–Kier alpha value is -1.55. The van der Waals surface area contributed by atoms with Gasteiger partial charge in [0.15, 0.2) is 0 Å². The van der Waals surface area contributed by atoms with Crippen LogP contribution in [0.4, 0.5) is 5.69 Å². The quantitative estimate of drug-likeness (QED) is 0.717. The summed E-state index contributed by atoms with van der Waals surface area (Å²) in [5, 5.41) is 2.55. The van der Waals surface area contributed by atoms with Crippen LogP contribution >= 0.6 is 0 Å². The van der Waals surface area contributed by atoms with Gasteiger partial charge in [0, 0.05) is 19.3 Å². The Morgan fingerprint density at radius 2 is 2.13 bits per heavy atom. The average molecular weight is 207 g/mol. The van der Waals surface area contributed by atoms with E-state index >= 15 is 0 Å². The summed E-state index contributed by atoms with van der Waals surface area (Å²) in [6.45, 7) is 0.818. The molecular weight excluding hydrogens is 190 g/mol. The molecule has 0 saturated carbocycles. The largest absolute Gasteiger partial charge is 0.398 e. The molecule has 1 rings (SSSR count). The number of nitrogens with zero attached hydrogens (tertiary/aromatic N) is 1. The Labute approximate surface area is 90.1 Å². The van der Waals surface area contributed by atoms with Crippen LogP contribution in [-0.4, -0.2) is 32.0 Å². The van der Waals surface area contributed by atoms with Crippen molar-refractivity contribution in [1.82, 2.24) is 10.2 Å². The minimum atomic E-state index is -0.149. The molecule has 0 radical (unpaired) electrons. The molecule has 82 valence electrons. The fourth-order valence-corrected chi connectivity index (χ4v) is 1.42. The van der Waals surface area contributed by atoms with Crippen molar-refractivity contribution in [3.8, 4) is 0 Å². The maximum Gasteiger partial charge on any atom is 0.253 e. The van der Waals surface area contributed by atoms with Crippen LogP contribution in [0, 0.1) is 0 Å². The minimum absolute atomic E-state index is 0.149. The zero-order valence-corrected chi connectivity index (χ0v) is 9.37. The maximum absolute atomic E-state index is 11.4. The summed E-state index contributed by atoms with van der Waals surface area (Å²) in [6.07, 6.45) is 0. The third kappa shape index (κ3) is 2.95. The molecule has 4 nitrogen and oxygen atoms in total. The summed E-state index contributed by atoms with van der Waals surface area (Å²) in [6, 6.07) is 5.51. The molecule has 0 bridgehead atoms. The van der Waals surface area contributed by atoms with Gasteiger partial charge in [-0.1, -0.05) is 6.07 Å². The first kappa shape index (κ1) is 11.5. The van der Waals surface area contributed by atoms with Crippen LogP contribution in [-0.2, 0) is 6.54 Å². The number of carbonyl (C=O) groups is 1. The summed E-state index contributed by atoms with van der Waals surface area (Å²) in [5.74, 6) is -0.149. The monoisotopic (exact) mass is 207 g/mol. The van der Waals surface area contributed by atoms with Crippen LogP contribution in [0.2, 0.25) is 0 Å². The zero-order valence-electron chi connectivity index (χ0n) is 9.37. The Morgan fingerprint density at radius 3 is 2.60 bits per heavy atom. The predicted octanol–water partition coefficient (Wildman–Crippen LogP) is 0.690. The Bertz CT molecular complexity index is 361. The van der Waals surface area contributed by atoms with E-state index in [0.29, 0.717) is 11.3 Å². The molecule has 1 aromatic carbocycles. The molecule has 0 heterocycles. The van der Waals surface area contributed by atoms with Crippen molar-refractivity contribution in [1.29, 1.82) is 0 Å². The van der Waals surface area contributed by atoms with Gasteiger partial charge >= 0.3 is 0 Å². The smallest absolute Gasteiger partial charge is 0.253 e. The van der Waals surface area contributed by atoms with Gasteiger partial charge in [-0.2, -0.15) is 0 Å². The summed E-state index contributed by atoms with van der Waals surface area (Å²) >= 11 is 0. The van der Waals surface area contributed by atoms with Crippen LogP contribution in [0.5, 0.6) is 0 Å². The molecule has 3 N–H and O–H groups in total. The standard InChI is InChI=1S/C11H17N3O/c1-13-11(15)9-5-4-8(6-10(9)12)7-14(2)3/h4-6H,7,12H2,1-3H3,(H,13,15). The highest BCUT2D eigenvalue weighted by Gasteiger charge is 2.08. The molecule has 0 aliphatic heterocycles. The minimum Gasteiger partial charge on any atom is -0.398 e. The first-order chi connectivity index (χ1) is 7.04. The van der Waals surface area contributed by atoms with Crippen molar-refractivity contribution in [3.05, 3.63) is 29.3 Å². The molecule has 1 amide bonds. The predicted molar refractivity (Wildman–Crippen MR) is 61.6 cm³/mol. The van der Waals surface area contributed by atoms with Crippen LogP contribution in [0.25, 0.3) is 0 Å². The summed E-state index contributed by atoms with van der Waals surface area (Å²) in [7, 11) is 5.57. The molecule has 0 aromatic heterocycles. The molecule has 1 aromatic rings. The number of hydrogen-bond donors (Lipinski definition) is 2. The second kappa shape index (κ2) is 4.79. The molecule has 0 saturated heterocycles. The number of carbonyl (C=O) groups excluding carboxylic acids is 1. The lowest BCUT2D eigenvalue weighted by atomic mass is 10.1. The van der Waals surface area contributed by atoms with Gasteiger partial charge in [0.2, 0.25) is 0 Å². The first-order valence-corrected chi connectivity index (χ1v) is 4.80. The van der Waals surface area contributed by atoms with Crippen molar-refractivity contribution in [2.75, 3.05) is 26.9 Å². The Balaban J connectivity index is 2.93. The van der Waals surface area contributed by atoms with Gasteiger partial charge in [-0.15, -0.1) is 0 Å². The maximum atomic E-state index is 11.4. The highest BCUT2D eigenvalue weighted by molar-refractivity contribution is 5.99. The zero-order chi connectivity index (χ0) is 11.4. The van der Waals surface area contributed by atoms with E-state index in [0.717, 1.165) is 12.1 Å².